The normalized spacial score (nSPS) is 11.2. The lowest BCUT2D eigenvalue weighted by atomic mass is 10.3. The smallest absolute Gasteiger partial charge is 0.389 e. The van der Waals surface area contributed by atoms with E-state index in [0.29, 0.717) is 0 Å². The number of hydrogen-bond acceptors (Lipinski definition) is 4. The summed E-state index contributed by atoms with van der Waals surface area (Å²) in [5, 5.41) is 8.59. The van der Waals surface area contributed by atoms with E-state index in [1.165, 1.54) is 0 Å². The van der Waals surface area contributed by atoms with Crippen molar-refractivity contribution in [2.75, 3.05) is 6.61 Å². The third kappa shape index (κ3) is 5.14. The van der Waals surface area contributed by atoms with Crippen molar-refractivity contribution in [1.29, 1.82) is 0 Å². The van der Waals surface area contributed by atoms with Gasteiger partial charge in [0.05, 0.1) is 6.61 Å². The van der Waals surface area contributed by atoms with E-state index in [2.05, 4.69) is 9.97 Å². The number of carboxylic acids is 1. The third-order valence-electron chi connectivity index (χ3n) is 1.69. The molecule has 0 aliphatic carbocycles. The van der Waals surface area contributed by atoms with Crippen LogP contribution in [0.15, 0.2) is 12.3 Å². The van der Waals surface area contributed by atoms with Gasteiger partial charge in [0, 0.05) is 12.6 Å². The van der Waals surface area contributed by atoms with Gasteiger partial charge < -0.3 is 9.84 Å². The maximum absolute atomic E-state index is 11.8. The highest BCUT2D eigenvalue weighted by molar-refractivity contribution is 5.85. The summed E-state index contributed by atoms with van der Waals surface area (Å²) in [6, 6.07) is 0.914. The topological polar surface area (TPSA) is 72.3 Å². The Morgan fingerprint density at radius 3 is 2.76 bits per heavy atom. The van der Waals surface area contributed by atoms with Crippen molar-refractivity contribution in [1.82, 2.24) is 9.97 Å². The molecule has 1 rings (SSSR count). The lowest BCUT2D eigenvalue weighted by Gasteiger charge is -2.06. The summed E-state index contributed by atoms with van der Waals surface area (Å²) in [4.78, 5) is 17.6. The molecule has 0 amide bonds. The molecule has 17 heavy (non-hydrogen) atoms. The summed E-state index contributed by atoms with van der Waals surface area (Å²) in [6.45, 7) is -0.220. The lowest BCUT2D eigenvalue weighted by molar-refractivity contribution is -0.136. The molecule has 8 heteroatoms. The number of aromatic nitrogens is 2. The molecule has 1 aromatic rings. The maximum Gasteiger partial charge on any atom is 0.389 e. The molecule has 5 nitrogen and oxygen atoms in total. The van der Waals surface area contributed by atoms with Crippen LogP contribution in [0.5, 0.6) is 6.01 Å². The number of halogens is 3. The molecular formula is C9H9F3N2O3. The Labute approximate surface area is 94.3 Å². The summed E-state index contributed by atoms with van der Waals surface area (Å²) in [5.41, 5.74) is -0.272. The minimum atomic E-state index is -4.23. The van der Waals surface area contributed by atoms with E-state index in [9.17, 15) is 18.0 Å². The molecule has 0 saturated carbocycles. The Kier molecular flexibility index (Phi) is 4.24. The number of hydrogen-bond donors (Lipinski definition) is 1. The van der Waals surface area contributed by atoms with E-state index < -0.39 is 18.6 Å². The molecule has 0 saturated heterocycles. The largest absolute Gasteiger partial charge is 0.477 e. The van der Waals surface area contributed by atoms with Crippen molar-refractivity contribution in [2.45, 2.75) is 19.0 Å². The molecular weight excluding hydrogens is 241 g/mol. The molecule has 0 aliphatic rings. The van der Waals surface area contributed by atoms with Crippen molar-refractivity contribution >= 4 is 5.97 Å². The first-order valence-electron chi connectivity index (χ1n) is 4.64. The van der Waals surface area contributed by atoms with Gasteiger partial charge in [0.2, 0.25) is 0 Å². The summed E-state index contributed by atoms with van der Waals surface area (Å²) < 4.78 is 40.2. The van der Waals surface area contributed by atoms with E-state index >= 15 is 0 Å². The zero-order valence-corrected chi connectivity index (χ0v) is 8.57. The standard InChI is InChI=1S/C9H9F3N2O3/c10-9(11,12)3-1-5-17-8-13-4-2-6(14-8)7(15)16/h2,4H,1,3,5H2,(H,15,16). The fourth-order valence-corrected chi connectivity index (χ4v) is 0.966. The van der Waals surface area contributed by atoms with Gasteiger partial charge in [-0.2, -0.15) is 18.2 Å². The van der Waals surface area contributed by atoms with Crippen molar-refractivity contribution in [3.8, 4) is 6.01 Å². The molecule has 0 radical (unpaired) electrons. The molecule has 1 aromatic heterocycles. The highest BCUT2D eigenvalue weighted by Crippen LogP contribution is 2.21. The second-order valence-corrected chi connectivity index (χ2v) is 3.10. The number of carbonyl (C=O) groups is 1. The minimum Gasteiger partial charge on any atom is -0.477 e. The molecule has 0 spiro atoms. The van der Waals surface area contributed by atoms with Gasteiger partial charge in [-0.05, 0) is 12.5 Å². The highest BCUT2D eigenvalue weighted by Gasteiger charge is 2.26. The molecule has 0 aliphatic heterocycles. The SMILES string of the molecule is O=C(O)c1ccnc(OCCCC(F)(F)F)n1. The van der Waals surface area contributed by atoms with Crippen LogP contribution < -0.4 is 4.74 Å². The fourth-order valence-electron chi connectivity index (χ4n) is 0.966. The van der Waals surface area contributed by atoms with Crippen LogP contribution >= 0.6 is 0 Å². The summed E-state index contributed by atoms with van der Waals surface area (Å²) >= 11 is 0. The van der Waals surface area contributed by atoms with Crippen LogP contribution in [-0.4, -0.2) is 33.8 Å². The Balaban J connectivity index is 2.42. The van der Waals surface area contributed by atoms with Crippen molar-refractivity contribution in [3.05, 3.63) is 18.0 Å². The zero-order valence-electron chi connectivity index (χ0n) is 8.57. The average molecular weight is 250 g/mol. The third-order valence-corrected chi connectivity index (χ3v) is 1.69. The van der Waals surface area contributed by atoms with Crippen LogP contribution in [-0.2, 0) is 0 Å². The lowest BCUT2D eigenvalue weighted by Crippen LogP contribution is -2.11. The van der Waals surface area contributed by atoms with Crippen LogP contribution in [0.4, 0.5) is 13.2 Å². The van der Waals surface area contributed by atoms with Crippen LogP contribution in [0, 0.1) is 0 Å². The second-order valence-electron chi connectivity index (χ2n) is 3.10. The first-order chi connectivity index (χ1) is 7.88. The van der Waals surface area contributed by atoms with Crippen molar-refractivity contribution < 1.29 is 27.8 Å². The van der Waals surface area contributed by atoms with E-state index in [0.717, 1.165) is 12.3 Å². The summed E-state index contributed by atoms with van der Waals surface area (Å²) in [7, 11) is 0. The molecule has 1 N–H and O–H groups in total. The molecule has 0 fully saturated rings. The summed E-state index contributed by atoms with van der Waals surface area (Å²) in [6.07, 6.45) is -4.27. The molecule has 0 aromatic carbocycles. The Morgan fingerprint density at radius 1 is 1.47 bits per heavy atom. The monoisotopic (exact) mass is 250 g/mol. The van der Waals surface area contributed by atoms with E-state index in [4.69, 9.17) is 9.84 Å². The first kappa shape index (κ1) is 13.2. The van der Waals surface area contributed by atoms with Gasteiger partial charge in [0.1, 0.15) is 0 Å². The number of aromatic carboxylic acids is 1. The van der Waals surface area contributed by atoms with Gasteiger partial charge in [0.15, 0.2) is 5.69 Å². The number of ether oxygens (including phenoxy) is 1. The van der Waals surface area contributed by atoms with Crippen LogP contribution in [0.25, 0.3) is 0 Å². The van der Waals surface area contributed by atoms with Gasteiger partial charge in [0.25, 0.3) is 0 Å². The molecule has 1 heterocycles. The predicted octanol–water partition coefficient (Wildman–Crippen LogP) is 1.90. The van der Waals surface area contributed by atoms with E-state index in [1.54, 1.807) is 0 Å². The van der Waals surface area contributed by atoms with Gasteiger partial charge >= 0.3 is 18.2 Å². The highest BCUT2D eigenvalue weighted by atomic mass is 19.4. The Bertz CT molecular complexity index is 395. The summed E-state index contributed by atoms with van der Waals surface area (Å²) in [5.74, 6) is -1.26. The average Bonchev–Trinajstić information content (AvgIpc) is 2.23. The van der Waals surface area contributed by atoms with Gasteiger partial charge in [-0.1, -0.05) is 0 Å². The number of alkyl halides is 3. The number of rotatable bonds is 5. The molecule has 94 valence electrons. The van der Waals surface area contributed by atoms with Gasteiger partial charge in [-0.15, -0.1) is 0 Å². The Hall–Kier alpha value is -1.86. The molecule has 0 unspecified atom stereocenters. The Morgan fingerprint density at radius 2 is 2.18 bits per heavy atom. The first-order valence-corrected chi connectivity index (χ1v) is 4.64. The fraction of sp³-hybridized carbons (Fsp3) is 0.444. The number of nitrogens with zero attached hydrogens (tertiary/aromatic N) is 2. The van der Waals surface area contributed by atoms with E-state index in [1.807, 2.05) is 0 Å². The van der Waals surface area contributed by atoms with Gasteiger partial charge in [-0.25, -0.2) is 9.78 Å². The van der Waals surface area contributed by atoms with Crippen molar-refractivity contribution in [2.24, 2.45) is 0 Å². The molecule has 0 atom stereocenters. The van der Waals surface area contributed by atoms with Crippen molar-refractivity contribution in [3.63, 3.8) is 0 Å². The predicted molar refractivity (Wildman–Crippen MR) is 49.8 cm³/mol. The zero-order chi connectivity index (χ0) is 12.9. The maximum atomic E-state index is 11.8. The van der Waals surface area contributed by atoms with E-state index in [-0.39, 0.29) is 24.7 Å². The van der Waals surface area contributed by atoms with Crippen LogP contribution in [0.3, 0.4) is 0 Å². The number of carboxylic acid groups (broad SMARTS) is 1. The minimum absolute atomic E-state index is 0.220. The second kappa shape index (κ2) is 5.46. The van der Waals surface area contributed by atoms with Gasteiger partial charge in [-0.3, -0.25) is 0 Å². The molecule has 0 bridgehead atoms. The van der Waals surface area contributed by atoms with Crippen LogP contribution in [0.2, 0.25) is 0 Å². The quantitative estimate of drug-likeness (QED) is 0.808. The van der Waals surface area contributed by atoms with Crippen LogP contribution in [0.1, 0.15) is 23.3 Å².